The fraction of sp³-hybridized carbons (Fsp3) is 0.692. The van der Waals surface area contributed by atoms with E-state index in [1.807, 2.05) is 13.8 Å². The second kappa shape index (κ2) is 10.4. The van der Waals surface area contributed by atoms with Crippen LogP contribution >= 0.6 is 0 Å². The molecule has 110 valence electrons. The first kappa shape index (κ1) is 17.4. The lowest BCUT2D eigenvalue weighted by Crippen LogP contribution is -2.46. The summed E-state index contributed by atoms with van der Waals surface area (Å²) >= 11 is 0. The molecule has 3 N–H and O–H groups in total. The van der Waals surface area contributed by atoms with Gasteiger partial charge in [0.2, 0.25) is 0 Å². The minimum absolute atomic E-state index is 0.333. The normalized spacial score (nSPS) is 11.7. The maximum atomic E-state index is 11.5. The van der Waals surface area contributed by atoms with Gasteiger partial charge in [-0.25, -0.2) is 9.59 Å². The number of carbonyl (C=O) groups is 2. The summed E-state index contributed by atoms with van der Waals surface area (Å²) in [6.07, 6.45) is 2.09. The SMILES string of the molecule is C=C(C)COCCNC(=O)N[C@@H](CCCC)C(=O)O. The Morgan fingerprint density at radius 2 is 2.11 bits per heavy atom. The van der Waals surface area contributed by atoms with Crippen LogP contribution < -0.4 is 10.6 Å². The van der Waals surface area contributed by atoms with E-state index in [1.54, 1.807) is 0 Å². The van der Waals surface area contributed by atoms with Crippen LogP contribution in [0.5, 0.6) is 0 Å². The van der Waals surface area contributed by atoms with Crippen LogP contribution in [0, 0.1) is 0 Å². The number of amides is 2. The molecule has 6 nitrogen and oxygen atoms in total. The standard InChI is InChI=1S/C13H24N2O4/c1-4-5-6-11(12(16)17)15-13(18)14-7-8-19-9-10(2)3/h11H,2,4-9H2,1,3H3,(H,16,17)(H2,14,15,18)/t11-/m0/s1. The molecule has 0 saturated carbocycles. The number of carboxylic acids is 1. The van der Waals surface area contributed by atoms with E-state index in [-0.39, 0.29) is 0 Å². The molecule has 0 aliphatic carbocycles. The lowest BCUT2D eigenvalue weighted by Gasteiger charge is -2.14. The molecule has 0 fully saturated rings. The first-order valence-electron chi connectivity index (χ1n) is 6.46. The molecule has 6 heteroatoms. The molecule has 1 atom stereocenters. The number of carbonyl (C=O) groups excluding carboxylic acids is 1. The molecule has 0 aromatic carbocycles. The van der Waals surface area contributed by atoms with Gasteiger partial charge in [0.15, 0.2) is 0 Å². The lowest BCUT2D eigenvalue weighted by molar-refractivity contribution is -0.139. The molecule has 0 saturated heterocycles. The van der Waals surface area contributed by atoms with Gasteiger partial charge in [-0.1, -0.05) is 31.9 Å². The van der Waals surface area contributed by atoms with Crippen molar-refractivity contribution in [1.29, 1.82) is 0 Å². The highest BCUT2D eigenvalue weighted by Gasteiger charge is 2.18. The van der Waals surface area contributed by atoms with E-state index in [2.05, 4.69) is 17.2 Å². The van der Waals surface area contributed by atoms with Gasteiger partial charge < -0.3 is 20.5 Å². The molecule has 0 aliphatic heterocycles. The monoisotopic (exact) mass is 272 g/mol. The average molecular weight is 272 g/mol. The first-order valence-corrected chi connectivity index (χ1v) is 6.46. The van der Waals surface area contributed by atoms with E-state index in [0.717, 1.165) is 18.4 Å². The van der Waals surface area contributed by atoms with Gasteiger partial charge >= 0.3 is 12.0 Å². The van der Waals surface area contributed by atoms with Crippen LogP contribution in [0.15, 0.2) is 12.2 Å². The average Bonchev–Trinajstić information content (AvgIpc) is 2.33. The predicted octanol–water partition coefficient (Wildman–Crippen LogP) is 1.52. The fourth-order valence-corrected chi connectivity index (χ4v) is 1.36. The molecule has 0 radical (unpaired) electrons. The van der Waals surface area contributed by atoms with E-state index in [0.29, 0.717) is 26.2 Å². The Kier molecular flexibility index (Phi) is 9.52. The molecular weight excluding hydrogens is 248 g/mol. The van der Waals surface area contributed by atoms with E-state index in [9.17, 15) is 9.59 Å². The van der Waals surface area contributed by atoms with E-state index in [4.69, 9.17) is 9.84 Å². The van der Waals surface area contributed by atoms with Crippen molar-refractivity contribution in [2.24, 2.45) is 0 Å². The van der Waals surface area contributed by atoms with E-state index < -0.39 is 18.0 Å². The van der Waals surface area contributed by atoms with Crippen LogP contribution in [0.1, 0.15) is 33.1 Å². The third-order valence-electron chi connectivity index (χ3n) is 2.33. The molecule has 0 bridgehead atoms. The van der Waals surface area contributed by atoms with Crippen LogP contribution in [-0.2, 0) is 9.53 Å². The molecular formula is C13H24N2O4. The van der Waals surface area contributed by atoms with Gasteiger partial charge in [0.05, 0.1) is 13.2 Å². The predicted molar refractivity (Wildman–Crippen MR) is 73.1 cm³/mol. The largest absolute Gasteiger partial charge is 0.480 e. The smallest absolute Gasteiger partial charge is 0.326 e. The van der Waals surface area contributed by atoms with Crippen molar-refractivity contribution >= 4 is 12.0 Å². The first-order chi connectivity index (χ1) is 8.97. The summed E-state index contributed by atoms with van der Waals surface area (Å²) in [7, 11) is 0. The third-order valence-corrected chi connectivity index (χ3v) is 2.33. The number of ether oxygens (including phenoxy) is 1. The molecule has 0 aromatic heterocycles. The maximum absolute atomic E-state index is 11.5. The summed E-state index contributed by atoms with van der Waals surface area (Å²) in [5, 5.41) is 13.9. The number of rotatable bonds is 10. The number of hydrogen-bond acceptors (Lipinski definition) is 3. The molecule has 19 heavy (non-hydrogen) atoms. The number of aliphatic carboxylic acids is 1. The highest BCUT2D eigenvalue weighted by atomic mass is 16.5. The molecule has 0 aromatic rings. The van der Waals surface area contributed by atoms with Crippen molar-refractivity contribution in [3.8, 4) is 0 Å². The van der Waals surface area contributed by atoms with Crippen LogP contribution in [0.2, 0.25) is 0 Å². The van der Waals surface area contributed by atoms with Crippen LogP contribution in [0.25, 0.3) is 0 Å². The molecule has 0 rings (SSSR count). The number of urea groups is 1. The highest BCUT2D eigenvalue weighted by molar-refractivity contribution is 5.82. The Morgan fingerprint density at radius 1 is 1.42 bits per heavy atom. The van der Waals surface area contributed by atoms with Gasteiger partial charge in [-0.2, -0.15) is 0 Å². The van der Waals surface area contributed by atoms with Crippen LogP contribution in [0.3, 0.4) is 0 Å². The van der Waals surface area contributed by atoms with Crippen molar-refractivity contribution in [3.05, 3.63) is 12.2 Å². The summed E-state index contributed by atoms with van der Waals surface area (Å²) in [6.45, 7) is 8.66. The maximum Gasteiger partial charge on any atom is 0.326 e. The van der Waals surface area contributed by atoms with Crippen LogP contribution in [0.4, 0.5) is 4.79 Å². The van der Waals surface area contributed by atoms with Gasteiger partial charge in [0.25, 0.3) is 0 Å². The summed E-state index contributed by atoms with van der Waals surface area (Å²) in [5.74, 6) is -1.01. The fourth-order valence-electron chi connectivity index (χ4n) is 1.36. The zero-order chi connectivity index (χ0) is 14.7. The summed E-state index contributed by atoms with van der Waals surface area (Å²) in [6, 6.07) is -1.32. The summed E-state index contributed by atoms with van der Waals surface area (Å²) in [4.78, 5) is 22.4. The highest BCUT2D eigenvalue weighted by Crippen LogP contribution is 2.00. The number of unbranched alkanes of at least 4 members (excludes halogenated alkanes) is 1. The van der Waals surface area contributed by atoms with Crippen LogP contribution in [-0.4, -0.2) is 42.9 Å². The van der Waals surface area contributed by atoms with Crippen molar-refractivity contribution in [2.75, 3.05) is 19.8 Å². The summed E-state index contributed by atoms with van der Waals surface area (Å²) < 4.78 is 5.20. The third kappa shape index (κ3) is 10.1. The van der Waals surface area contributed by atoms with Gasteiger partial charge in [-0.05, 0) is 13.3 Å². The lowest BCUT2D eigenvalue weighted by atomic mass is 10.1. The molecule has 2 amide bonds. The van der Waals surface area contributed by atoms with Crippen molar-refractivity contribution in [2.45, 2.75) is 39.2 Å². The molecule has 0 spiro atoms. The van der Waals surface area contributed by atoms with E-state index >= 15 is 0 Å². The topological polar surface area (TPSA) is 87.7 Å². The molecule has 0 heterocycles. The van der Waals surface area contributed by atoms with Gasteiger partial charge in [0.1, 0.15) is 6.04 Å². The van der Waals surface area contributed by atoms with Crippen molar-refractivity contribution in [1.82, 2.24) is 10.6 Å². The van der Waals surface area contributed by atoms with Gasteiger partial charge in [-0.15, -0.1) is 0 Å². The number of carboxylic acid groups (broad SMARTS) is 1. The molecule has 0 aliphatic rings. The summed E-state index contributed by atoms with van der Waals surface area (Å²) in [5.41, 5.74) is 0.912. The quantitative estimate of drug-likeness (QED) is 0.415. The Labute approximate surface area is 114 Å². The minimum atomic E-state index is -1.01. The Balaban J connectivity index is 3.80. The van der Waals surface area contributed by atoms with Gasteiger partial charge in [0, 0.05) is 6.54 Å². The zero-order valence-electron chi connectivity index (χ0n) is 11.7. The van der Waals surface area contributed by atoms with Gasteiger partial charge in [-0.3, -0.25) is 0 Å². The van der Waals surface area contributed by atoms with Crippen molar-refractivity contribution in [3.63, 3.8) is 0 Å². The zero-order valence-corrected chi connectivity index (χ0v) is 11.7. The minimum Gasteiger partial charge on any atom is -0.480 e. The number of nitrogens with one attached hydrogen (secondary N) is 2. The second-order valence-electron chi connectivity index (χ2n) is 4.44. The number of hydrogen-bond donors (Lipinski definition) is 3. The second-order valence-corrected chi connectivity index (χ2v) is 4.44. The van der Waals surface area contributed by atoms with E-state index in [1.165, 1.54) is 0 Å². The molecule has 0 unspecified atom stereocenters. The van der Waals surface area contributed by atoms with Crippen molar-refractivity contribution < 1.29 is 19.4 Å². The Morgan fingerprint density at radius 3 is 2.63 bits per heavy atom. The Hall–Kier alpha value is -1.56. The Bertz CT molecular complexity index is 305.